The molecule has 0 saturated carbocycles. The number of likely N-dealkylation sites (tertiary alicyclic amines) is 1. The molecule has 0 radical (unpaired) electrons. The van der Waals surface area contributed by atoms with Crippen molar-refractivity contribution in [3.05, 3.63) is 66.0 Å². The van der Waals surface area contributed by atoms with Gasteiger partial charge in [0.05, 0.1) is 24.2 Å². The summed E-state index contributed by atoms with van der Waals surface area (Å²) in [6.45, 7) is 0.715. The number of nitrogens with zero attached hydrogens (tertiary/aromatic N) is 2. The predicted molar refractivity (Wildman–Crippen MR) is 102 cm³/mol. The maximum absolute atomic E-state index is 12.8. The van der Waals surface area contributed by atoms with Crippen LogP contribution in [0.1, 0.15) is 36.6 Å². The van der Waals surface area contributed by atoms with Gasteiger partial charge in [-0.25, -0.2) is 0 Å². The van der Waals surface area contributed by atoms with E-state index >= 15 is 0 Å². The molecular weight excluding hydrogens is 358 g/mol. The van der Waals surface area contributed by atoms with Gasteiger partial charge in [0.15, 0.2) is 0 Å². The van der Waals surface area contributed by atoms with Gasteiger partial charge in [-0.2, -0.15) is 0 Å². The minimum atomic E-state index is -0.909. The van der Waals surface area contributed by atoms with E-state index in [1.807, 2.05) is 48.5 Å². The Morgan fingerprint density at radius 1 is 1.18 bits per heavy atom. The number of carboxylic acid groups (broad SMARTS) is 1. The van der Waals surface area contributed by atoms with E-state index in [4.69, 9.17) is 5.11 Å². The molecule has 1 aliphatic rings. The maximum atomic E-state index is 12.8. The normalized spacial score (nSPS) is 17.4. The number of rotatable bonds is 8. The minimum absolute atomic E-state index is 0.0464. The second kappa shape index (κ2) is 9.12. The third kappa shape index (κ3) is 5.16. The summed E-state index contributed by atoms with van der Waals surface area (Å²) in [4.78, 5) is 41.9. The molecule has 2 aromatic rings. The smallest absolute Gasteiger partial charge is 0.303 e. The number of carbonyl (C=O) groups is 3. The van der Waals surface area contributed by atoms with Gasteiger partial charge in [-0.3, -0.25) is 19.4 Å². The lowest BCUT2D eigenvalue weighted by Gasteiger charge is -2.21. The molecule has 7 heteroatoms. The van der Waals surface area contributed by atoms with Gasteiger partial charge in [0, 0.05) is 25.6 Å². The van der Waals surface area contributed by atoms with E-state index in [0.717, 1.165) is 11.3 Å². The molecule has 146 valence electrons. The Morgan fingerprint density at radius 2 is 1.93 bits per heavy atom. The fourth-order valence-corrected chi connectivity index (χ4v) is 3.35. The number of aliphatic carboxylic acids is 1. The molecule has 0 spiro atoms. The van der Waals surface area contributed by atoms with Crippen LogP contribution in [0.2, 0.25) is 0 Å². The number of pyridine rings is 1. The van der Waals surface area contributed by atoms with Gasteiger partial charge < -0.3 is 15.3 Å². The fourth-order valence-electron chi connectivity index (χ4n) is 3.35. The van der Waals surface area contributed by atoms with Crippen molar-refractivity contribution in [3.8, 4) is 0 Å². The first-order valence-electron chi connectivity index (χ1n) is 9.27. The average Bonchev–Trinajstić information content (AvgIpc) is 3.07. The van der Waals surface area contributed by atoms with Crippen molar-refractivity contribution in [2.45, 2.75) is 31.8 Å². The fraction of sp³-hybridized carbons (Fsp3) is 0.333. The molecule has 2 atom stereocenters. The Bertz CT molecular complexity index is 826. The highest BCUT2D eigenvalue weighted by Gasteiger charge is 2.35. The van der Waals surface area contributed by atoms with Crippen molar-refractivity contribution in [1.82, 2.24) is 15.2 Å². The number of aromatic nitrogens is 1. The molecule has 1 saturated heterocycles. The van der Waals surface area contributed by atoms with Gasteiger partial charge in [0.1, 0.15) is 0 Å². The SMILES string of the molecule is O=C(O)CC[C@@H](NC(=O)[C@@H]1CC(=O)N(Cc2ccccn2)C1)c1ccccc1. The van der Waals surface area contributed by atoms with Crippen LogP contribution in [0.4, 0.5) is 0 Å². The van der Waals surface area contributed by atoms with Gasteiger partial charge in [-0.1, -0.05) is 36.4 Å². The topological polar surface area (TPSA) is 99.6 Å². The molecule has 2 amide bonds. The molecule has 2 N–H and O–H groups in total. The molecule has 3 rings (SSSR count). The Morgan fingerprint density at radius 3 is 2.61 bits per heavy atom. The first kappa shape index (κ1) is 19.5. The highest BCUT2D eigenvalue weighted by Crippen LogP contribution is 2.23. The van der Waals surface area contributed by atoms with Crippen molar-refractivity contribution < 1.29 is 19.5 Å². The molecule has 1 fully saturated rings. The summed E-state index contributed by atoms with van der Waals surface area (Å²) in [5, 5.41) is 11.9. The van der Waals surface area contributed by atoms with Gasteiger partial charge >= 0.3 is 5.97 Å². The lowest BCUT2D eigenvalue weighted by molar-refractivity contribution is -0.137. The molecule has 1 aromatic carbocycles. The van der Waals surface area contributed by atoms with Crippen LogP contribution in [0.5, 0.6) is 0 Å². The largest absolute Gasteiger partial charge is 0.481 e. The van der Waals surface area contributed by atoms with Crippen molar-refractivity contribution >= 4 is 17.8 Å². The van der Waals surface area contributed by atoms with Gasteiger partial charge in [0.25, 0.3) is 0 Å². The number of hydrogen-bond donors (Lipinski definition) is 2. The Balaban J connectivity index is 1.63. The number of carbonyl (C=O) groups excluding carboxylic acids is 2. The van der Waals surface area contributed by atoms with Crippen LogP contribution in [0.3, 0.4) is 0 Å². The second-order valence-electron chi connectivity index (χ2n) is 6.90. The molecule has 1 aromatic heterocycles. The lowest BCUT2D eigenvalue weighted by Crippen LogP contribution is -2.35. The third-order valence-corrected chi connectivity index (χ3v) is 4.83. The van der Waals surface area contributed by atoms with Crippen LogP contribution in [0.25, 0.3) is 0 Å². The van der Waals surface area contributed by atoms with Crippen LogP contribution >= 0.6 is 0 Å². The molecule has 0 unspecified atom stereocenters. The monoisotopic (exact) mass is 381 g/mol. The Labute approximate surface area is 163 Å². The molecule has 0 bridgehead atoms. The molecule has 0 aliphatic carbocycles. The standard InChI is InChI=1S/C21H23N3O4/c25-19-12-16(13-24(19)14-17-8-4-5-11-22-17)21(28)23-18(9-10-20(26)27)15-6-2-1-3-7-15/h1-8,11,16,18H,9-10,12-14H2,(H,23,28)(H,26,27)/t16-,18-/m1/s1. The summed E-state index contributed by atoms with van der Waals surface area (Å²) in [5.74, 6) is -1.66. The van der Waals surface area contributed by atoms with E-state index in [0.29, 0.717) is 19.5 Å². The molecule has 1 aliphatic heterocycles. The van der Waals surface area contributed by atoms with Crippen molar-refractivity contribution in [2.24, 2.45) is 5.92 Å². The second-order valence-corrected chi connectivity index (χ2v) is 6.90. The average molecular weight is 381 g/mol. The minimum Gasteiger partial charge on any atom is -0.481 e. The van der Waals surface area contributed by atoms with Crippen molar-refractivity contribution in [2.75, 3.05) is 6.54 Å². The zero-order valence-corrected chi connectivity index (χ0v) is 15.5. The molecular formula is C21H23N3O4. The van der Waals surface area contributed by atoms with E-state index < -0.39 is 17.9 Å². The van der Waals surface area contributed by atoms with Gasteiger partial charge in [0.2, 0.25) is 11.8 Å². The van der Waals surface area contributed by atoms with Crippen LogP contribution in [-0.4, -0.2) is 39.3 Å². The van der Waals surface area contributed by atoms with E-state index in [1.54, 1.807) is 11.1 Å². The number of nitrogens with one attached hydrogen (secondary N) is 1. The summed E-state index contributed by atoms with van der Waals surface area (Å²) in [6.07, 6.45) is 2.07. The number of hydrogen-bond acceptors (Lipinski definition) is 4. The number of amides is 2. The first-order chi connectivity index (χ1) is 13.5. The summed E-state index contributed by atoms with van der Waals surface area (Å²) >= 11 is 0. The summed E-state index contributed by atoms with van der Waals surface area (Å²) < 4.78 is 0. The highest BCUT2D eigenvalue weighted by atomic mass is 16.4. The number of benzene rings is 1. The molecule has 28 heavy (non-hydrogen) atoms. The van der Waals surface area contributed by atoms with Crippen LogP contribution in [-0.2, 0) is 20.9 Å². The van der Waals surface area contributed by atoms with E-state index in [-0.39, 0.29) is 24.7 Å². The van der Waals surface area contributed by atoms with E-state index in [1.165, 1.54) is 0 Å². The maximum Gasteiger partial charge on any atom is 0.303 e. The quantitative estimate of drug-likeness (QED) is 0.730. The zero-order valence-electron chi connectivity index (χ0n) is 15.5. The third-order valence-electron chi connectivity index (χ3n) is 4.83. The van der Waals surface area contributed by atoms with Crippen molar-refractivity contribution in [1.29, 1.82) is 0 Å². The van der Waals surface area contributed by atoms with E-state index in [9.17, 15) is 14.4 Å². The summed E-state index contributed by atoms with van der Waals surface area (Å²) in [5.41, 5.74) is 1.63. The first-order valence-corrected chi connectivity index (χ1v) is 9.27. The highest BCUT2D eigenvalue weighted by molar-refractivity contribution is 5.89. The predicted octanol–water partition coefficient (Wildman–Crippen LogP) is 2.15. The molecule has 7 nitrogen and oxygen atoms in total. The Hall–Kier alpha value is -3.22. The summed E-state index contributed by atoms with van der Waals surface area (Å²) in [7, 11) is 0. The van der Waals surface area contributed by atoms with Gasteiger partial charge in [-0.15, -0.1) is 0 Å². The van der Waals surface area contributed by atoms with Gasteiger partial charge in [-0.05, 0) is 24.1 Å². The molecule has 2 heterocycles. The van der Waals surface area contributed by atoms with E-state index in [2.05, 4.69) is 10.3 Å². The Kier molecular flexibility index (Phi) is 6.37. The zero-order chi connectivity index (χ0) is 19.9. The number of carboxylic acids is 1. The van der Waals surface area contributed by atoms with Crippen LogP contribution in [0.15, 0.2) is 54.7 Å². The van der Waals surface area contributed by atoms with Crippen LogP contribution in [0, 0.1) is 5.92 Å². The summed E-state index contributed by atoms with van der Waals surface area (Å²) in [6, 6.07) is 14.4. The lowest BCUT2D eigenvalue weighted by atomic mass is 10.00. The van der Waals surface area contributed by atoms with Crippen molar-refractivity contribution in [3.63, 3.8) is 0 Å². The van der Waals surface area contributed by atoms with Crippen LogP contribution < -0.4 is 5.32 Å².